The zero-order chi connectivity index (χ0) is 21.6. The van der Waals surface area contributed by atoms with Gasteiger partial charge in [-0.2, -0.15) is 0 Å². The highest BCUT2D eigenvalue weighted by molar-refractivity contribution is 7.99. The Morgan fingerprint density at radius 1 is 1.13 bits per heavy atom. The first-order chi connectivity index (χ1) is 15.1. The molecule has 2 aromatic carbocycles. The summed E-state index contributed by atoms with van der Waals surface area (Å²) in [6.07, 6.45) is 4.13. The Bertz CT molecular complexity index is 879. The van der Waals surface area contributed by atoms with Crippen LogP contribution in [0.25, 0.3) is 0 Å². The number of nitrogens with two attached hydrogens (primary N) is 1. The number of methoxy groups -OCH3 is 1. The van der Waals surface area contributed by atoms with Gasteiger partial charge in [0.15, 0.2) is 0 Å². The first kappa shape index (κ1) is 22.0. The summed E-state index contributed by atoms with van der Waals surface area (Å²) in [7, 11) is 1.69. The molecule has 0 aliphatic carbocycles. The monoisotopic (exact) mass is 439 g/mol. The Morgan fingerprint density at radius 2 is 1.90 bits per heavy atom. The number of benzene rings is 2. The normalized spacial score (nSPS) is 17.8. The van der Waals surface area contributed by atoms with Gasteiger partial charge in [0.1, 0.15) is 5.75 Å². The van der Waals surface area contributed by atoms with Crippen molar-refractivity contribution in [1.82, 2.24) is 9.80 Å². The Hall–Kier alpha value is -2.18. The molecule has 0 saturated carbocycles. The lowest BCUT2D eigenvalue weighted by Gasteiger charge is -2.32. The maximum Gasteiger partial charge on any atom is 0.224 e. The van der Waals surface area contributed by atoms with Gasteiger partial charge < -0.3 is 20.3 Å². The summed E-state index contributed by atoms with van der Waals surface area (Å²) < 4.78 is 5.37. The van der Waals surface area contributed by atoms with Crippen LogP contribution in [0.5, 0.6) is 5.75 Å². The van der Waals surface area contributed by atoms with Crippen molar-refractivity contribution in [3.05, 3.63) is 53.6 Å². The van der Waals surface area contributed by atoms with Gasteiger partial charge >= 0.3 is 0 Å². The summed E-state index contributed by atoms with van der Waals surface area (Å²) in [6, 6.07) is 14.5. The summed E-state index contributed by atoms with van der Waals surface area (Å²) in [5, 5.41) is 0. The standard InChI is InChI=1S/C25H33N3O2S/c1-30-23-6-7-24-21(17-23)18-28(14-15-31-24)25(29)10-13-27-11-8-20(9-12-27)16-19-2-4-22(26)5-3-19/h2-7,17,20H,8-16,18,26H2,1H3. The molecule has 6 heteroatoms. The molecule has 0 atom stereocenters. The highest BCUT2D eigenvalue weighted by Crippen LogP contribution is 2.30. The molecule has 31 heavy (non-hydrogen) atoms. The van der Waals surface area contributed by atoms with Crippen LogP contribution in [-0.4, -0.2) is 54.7 Å². The van der Waals surface area contributed by atoms with Crippen molar-refractivity contribution in [1.29, 1.82) is 0 Å². The molecular weight excluding hydrogens is 406 g/mol. The van der Waals surface area contributed by atoms with Crippen molar-refractivity contribution >= 4 is 23.4 Å². The number of amides is 1. The number of nitrogen functional groups attached to an aromatic ring is 1. The number of carbonyl (C=O) groups is 1. The molecule has 2 aliphatic heterocycles. The average molecular weight is 440 g/mol. The smallest absolute Gasteiger partial charge is 0.224 e. The number of carbonyl (C=O) groups excluding carboxylic acids is 1. The van der Waals surface area contributed by atoms with Crippen LogP contribution in [0, 0.1) is 5.92 Å². The summed E-state index contributed by atoms with van der Waals surface area (Å²) >= 11 is 1.83. The molecule has 2 aliphatic rings. The number of anilines is 1. The fourth-order valence-corrected chi connectivity index (χ4v) is 5.53. The van der Waals surface area contributed by atoms with Gasteiger partial charge in [0, 0.05) is 42.4 Å². The molecule has 0 bridgehead atoms. The lowest BCUT2D eigenvalue weighted by Crippen LogP contribution is -2.38. The van der Waals surface area contributed by atoms with Crippen molar-refractivity contribution in [2.75, 3.05) is 44.8 Å². The van der Waals surface area contributed by atoms with E-state index < -0.39 is 0 Å². The molecule has 0 radical (unpaired) electrons. The third-order valence-corrected chi connectivity index (χ3v) is 7.55. The quantitative estimate of drug-likeness (QED) is 0.688. The van der Waals surface area contributed by atoms with E-state index in [9.17, 15) is 4.79 Å². The molecule has 2 aromatic rings. The van der Waals surface area contributed by atoms with Crippen LogP contribution in [0.15, 0.2) is 47.4 Å². The van der Waals surface area contributed by atoms with Crippen molar-refractivity contribution in [2.45, 2.75) is 37.1 Å². The molecular formula is C25H33N3O2S. The summed E-state index contributed by atoms with van der Waals surface area (Å²) in [6.45, 7) is 4.53. The number of thioether (sulfide) groups is 1. The van der Waals surface area contributed by atoms with Crippen molar-refractivity contribution < 1.29 is 9.53 Å². The number of likely N-dealkylation sites (tertiary alicyclic amines) is 1. The minimum Gasteiger partial charge on any atom is -0.497 e. The molecule has 0 spiro atoms. The SMILES string of the molecule is COc1ccc2c(c1)CN(C(=O)CCN1CCC(Cc3ccc(N)cc3)CC1)CCS2. The maximum absolute atomic E-state index is 12.9. The second kappa shape index (κ2) is 10.4. The van der Waals surface area contributed by atoms with Crippen molar-refractivity contribution in [3.63, 3.8) is 0 Å². The third kappa shape index (κ3) is 5.95. The summed E-state index contributed by atoms with van der Waals surface area (Å²) in [4.78, 5) is 18.7. The van der Waals surface area contributed by atoms with Crippen molar-refractivity contribution in [2.24, 2.45) is 5.92 Å². The van der Waals surface area contributed by atoms with E-state index in [0.29, 0.717) is 13.0 Å². The minimum absolute atomic E-state index is 0.264. The number of ether oxygens (including phenoxy) is 1. The highest BCUT2D eigenvalue weighted by Gasteiger charge is 2.23. The van der Waals surface area contributed by atoms with Crippen LogP contribution in [-0.2, 0) is 17.8 Å². The number of fused-ring (bicyclic) bond motifs is 1. The van der Waals surface area contributed by atoms with E-state index in [-0.39, 0.29) is 5.91 Å². The fourth-order valence-electron chi connectivity index (χ4n) is 4.52. The topological polar surface area (TPSA) is 58.8 Å². The molecule has 1 amide bonds. The second-order valence-electron chi connectivity index (χ2n) is 8.62. The Kier molecular flexibility index (Phi) is 7.41. The molecule has 5 nitrogen and oxygen atoms in total. The van der Waals surface area contributed by atoms with Crippen LogP contribution < -0.4 is 10.5 Å². The number of rotatable bonds is 6. The fraction of sp³-hybridized carbons (Fsp3) is 0.480. The Balaban J connectivity index is 1.23. The molecule has 4 rings (SSSR count). The van der Waals surface area contributed by atoms with Gasteiger partial charge in [0.25, 0.3) is 0 Å². The maximum atomic E-state index is 12.9. The zero-order valence-electron chi connectivity index (χ0n) is 18.4. The molecule has 1 fully saturated rings. The van der Waals surface area contributed by atoms with E-state index in [4.69, 9.17) is 10.5 Å². The predicted molar refractivity (Wildman–Crippen MR) is 127 cm³/mol. The molecule has 2 N–H and O–H groups in total. The van der Waals surface area contributed by atoms with Crippen molar-refractivity contribution in [3.8, 4) is 5.75 Å². The molecule has 0 aromatic heterocycles. The van der Waals surface area contributed by atoms with E-state index in [1.807, 2.05) is 34.9 Å². The number of nitrogens with zero attached hydrogens (tertiary/aromatic N) is 2. The van der Waals surface area contributed by atoms with Crippen LogP contribution >= 0.6 is 11.8 Å². The number of hydrogen-bond donors (Lipinski definition) is 1. The molecule has 0 unspecified atom stereocenters. The summed E-state index contributed by atoms with van der Waals surface area (Å²) in [5.41, 5.74) is 9.19. The zero-order valence-corrected chi connectivity index (χ0v) is 19.2. The van der Waals surface area contributed by atoms with Gasteiger partial charge in [0.2, 0.25) is 5.91 Å². The van der Waals surface area contributed by atoms with Gasteiger partial charge in [-0.3, -0.25) is 4.79 Å². The number of hydrogen-bond acceptors (Lipinski definition) is 5. The number of piperidine rings is 1. The van der Waals surface area contributed by atoms with Gasteiger partial charge in [-0.25, -0.2) is 0 Å². The van der Waals surface area contributed by atoms with E-state index >= 15 is 0 Å². The highest BCUT2D eigenvalue weighted by atomic mass is 32.2. The molecule has 1 saturated heterocycles. The molecule has 2 heterocycles. The van der Waals surface area contributed by atoms with E-state index in [0.717, 1.165) is 55.7 Å². The Morgan fingerprint density at radius 3 is 2.65 bits per heavy atom. The average Bonchev–Trinajstić information content (AvgIpc) is 3.02. The van der Waals surface area contributed by atoms with Crippen LogP contribution in [0.4, 0.5) is 5.69 Å². The predicted octanol–water partition coefficient (Wildman–Crippen LogP) is 4.06. The third-order valence-electron chi connectivity index (χ3n) is 6.45. The van der Waals surface area contributed by atoms with Crippen LogP contribution in [0.3, 0.4) is 0 Å². The largest absolute Gasteiger partial charge is 0.497 e. The Labute approximate surface area is 189 Å². The minimum atomic E-state index is 0.264. The first-order valence-electron chi connectivity index (χ1n) is 11.2. The first-order valence-corrected chi connectivity index (χ1v) is 12.2. The van der Waals surface area contributed by atoms with E-state index in [2.05, 4.69) is 29.2 Å². The van der Waals surface area contributed by atoms with Gasteiger partial charge in [0.05, 0.1) is 7.11 Å². The second-order valence-corrected chi connectivity index (χ2v) is 9.75. The lowest BCUT2D eigenvalue weighted by atomic mass is 9.90. The van der Waals surface area contributed by atoms with Gasteiger partial charge in [-0.1, -0.05) is 12.1 Å². The van der Waals surface area contributed by atoms with E-state index in [1.165, 1.54) is 28.9 Å². The lowest BCUT2D eigenvalue weighted by molar-refractivity contribution is -0.132. The van der Waals surface area contributed by atoms with E-state index in [1.54, 1.807) is 7.11 Å². The van der Waals surface area contributed by atoms with Gasteiger partial charge in [-0.05, 0) is 79.7 Å². The summed E-state index contributed by atoms with van der Waals surface area (Å²) in [5.74, 6) is 2.79. The molecule has 166 valence electrons. The van der Waals surface area contributed by atoms with Gasteiger partial charge in [-0.15, -0.1) is 11.8 Å². The van der Waals surface area contributed by atoms with Crippen LogP contribution in [0.1, 0.15) is 30.4 Å². The van der Waals surface area contributed by atoms with Crippen LogP contribution in [0.2, 0.25) is 0 Å².